The highest BCUT2D eigenvalue weighted by Crippen LogP contribution is 2.21. The Balaban J connectivity index is 2.46. The van der Waals surface area contributed by atoms with Gasteiger partial charge in [-0.1, -0.05) is 0 Å². The molecule has 1 heterocycles. The fourth-order valence-electron chi connectivity index (χ4n) is 1.28. The molecule has 0 aliphatic carbocycles. The number of aliphatic hydroxyl groups is 1. The van der Waals surface area contributed by atoms with Crippen LogP contribution in [0, 0.1) is 0 Å². The second kappa shape index (κ2) is 6.53. The predicted octanol–water partition coefficient (Wildman–Crippen LogP) is 1.26. The van der Waals surface area contributed by atoms with Gasteiger partial charge in [-0.25, -0.2) is 0 Å². The van der Waals surface area contributed by atoms with Crippen molar-refractivity contribution in [1.29, 1.82) is 0 Å². The molecule has 0 aromatic carbocycles. The molecule has 14 heavy (non-hydrogen) atoms. The monoisotopic (exact) mass is 278 g/mol. The summed E-state index contributed by atoms with van der Waals surface area (Å²) in [7, 11) is 0. The molecule has 0 saturated heterocycles. The van der Waals surface area contributed by atoms with Crippen molar-refractivity contribution in [2.75, 3.05) is 26.2 Å². The van der Waals surface area contributed by atoms with E-state index in [1.54, 1.807) is 11.3 Å². The molecule has 0 saturated carbocycles. The minimum atomic E-state index is 0.186. The first-order valence-electron chi connectivity index (χ1n) is 4.52. The Morgan fingerprint density at radius 3 is 2.79 bits per heavy atom. The van der Waals surface area contributed by atoms with Crippen molar-refractivity contribution in [3.63, 3.8) is 0 Å². The van der Waals surface area contributed by atoms with Gasteiger partial charge in [0.2, 0.25) is 0 Å². The molecule has 3 nitrogen and oxygen atoms in total. The Morgan fingerprint density at radius 1 is 1.50 bits per heavy atom. The molecule has 0 fully saturated rings. The number of thiophene rings is 1. The van der Waals surface area contributed by atoms with E-state index in [4.69, 9.17) is 10.8 Å². The lowest BCUT2D eigenvalue weighted by Crippen LogP contribution is -2.31. The number of rotatable bonds is 6. The molecule has 0 unspecified atom stereocenters. The van der Waals surface area contributed by atoms with Crippen LogP contribution in [0.25, 0.3) is 0 Å². The summed E-state index contributed by atoms with van der Waals surface area (Å²) in [4.78, 5) is 2.15. The number of hydrogen-bond donors (Lipinski definition) is 2. The highest BCUT2D eigenvalue weighted by molar-refractivity contribution is 9.11. The van der Waals surface area contributed by atoms with Gasteiger partial charge >= 0.3 is 0 Å². The van der Waals surface area contributed by atoms with Crippen molar-refractivity contribution in [3.05, 3.63) is 20.8 Å². The lowest BCUT2D eigenvalue weighted by Gasteiger charge is -2.19. The van der Waals surface area contributed by atoms with Gasteiger partial charge in [0.15, 0.2) is 0 Å². The molecule has 5 heteroatoms. The summed E-state index contributed by atoms with van der Waals surface area (Å²) in [6.07, 6.45) is 0. The van der Waals surface area contributed by atoms with Crippen LogP contribution >= 0.6 is 27.3 Å². The van der Waals surface area contributed by atoms with Gasteiger partial charge < -0.3 is 10.8 Å². The number of hydrogen-bond acceptors (Lipinski definition) is 4. The minimum Gasteiger partial charge on any atom is -0.395 e. The maximum atomic E-state index is 8.86. The summed E-state index contributed by atoms with van der Waals surface area (Å²) < 4.78 is 1.14. The van der Waals surface area contributed by atoms with Gasteiger partial charge in [0.05, 0.1) is 10.4 Å². The molecular weight excluding hydrogens is 264 g/mol. The highest BCUT2D eigenvalue weighted by atomic mass is 79.9. The summed E-state index contributed by atoms with van der Waals surface area (Å²) in [6.45, 7) is 3.19. The fourth-order valence-corrected chi connectivity index (χ4v) is 2.48. The van der Waals surface area contributed by atoms with Crippen LogP contribution in [0.2, 0.25) is 0 Å². The lowest BCUT2D eigenvalue weighted by molar-refractivity contribution is 0.194. The zero-order valence-electron chi connectivity index (χ0n) is 7.95. The fraction of sp³-hybridized carbons (Fsp3) is 0.556. The van der Waals surface area contributed by atoms with Crippen molar-refractivity contribution >= 4 is 27.3 Å². The Bertz CT molecular complexity index is 261. The summed E-state index contributed by atoms with van der Waals surface area (Å²) in [5.74, 6) is 0. The Labute approximate surface area is 96.7 Å². The molecule has 1 aromatic rings. The molecule has 0 aliphatic heterocycles. The Kier molecular flexibility index (Phi) is 5.66. The van der Waals surface area contributed by atoms with Gasteiger partial charge in [0, 0.05) is 26.2 Å². The van der Waals surface area contributed by atoms with E-state index in [1.165, 1.54) is 5.56 Å². The summed E-state index contributed by atoms with van der Waals surface area (Å²) in [5.41, 5.74) is 6.76. The van der Waals surface area contributed by atoms with Crippen LogP contribution in [-0.4, -0.2) is 36.2 Å². The van der Waals surface area contributed by atoms with Crippen LogP contribution in [0.1, 0.15) is 5.56 Å². The van der Waals surface area contributed by atoms with Crippen molar-refractivity contribution < 1.29 is 5.11 Å². The van der Waals surface area contributed by atoms with E-state index in [-0.39, 0.29) is 6.61 Å². The van der Waals surface area contributed by atoms with Crippen LogP contribution in [0.4, 0.5) is 0 Å². The Hall–Kier alpha value is 0.0600. The van der Waals surface area contributed by atoms with Gasteiger partial charge in [-0.05, 0) is 32.9 Å². The first-order chi connectivity index (χ1) is 6.76. The van der Waals surface area contributed by atoms with Crippen LogP contribution in [0.15, 0.2) is 15.2 Å². The van der Waals surface area contributed by atoms with Crippen molar-refractivity contribution in [3.8, 4) is 0 Å². The van der Waals surface area contributed by atoms with E-state index in [9.17, 15) is 0 Å². The van der Waals surface area contributed by atoms with Crippen molar-refractivity contribution in [2.45, 2.75) is 6.54 Å². The van der Waals surface area contributed by atoms with Gasteiger partial charge in [0.1, 0.15) is 0 Å². The summed E-state index contributed by atoms with van der Waals surface area (Å²) >= 11 is 5.10. The third-order valence-corrected chi connectivity index (χ3v) is 3.44. The zero-order valence-corrected chi connectivity index (χ0v) is 10.4. The van der Waals surface area contributed by atoms with Gasteiger partial charge in [-0.2, -0.15) is 0 Å². The van der Waals surface area contributed by atoms with E-state index >= 15 is 0 Å². The van der Waals surface area contributed by atoms with Crippen molar-refractivity contribution in [1.82, 2.24) is 4.90 Å². The molecular formula is C9H15BrN2OS. The molecule has 1 rings (SSSR count). The number of nitrogens with zero attached hydrogens (tertiary/aromatic N) is 1. The topological polar surface area (TPSA) is 49.5 Å². The predicted molar refractivity (Wildman–Crippen MR) is 63.4 cm³/mol. The standard InChI is InChI=1S/C9H15BrN2OS/c10-9-5-8(7-14-9)6-12(2-1-11)3-4-13/h5,7,13H,1-4,6,11H2. The number of aliphatic hydroxyl groups excluding tert-OH is 1. The maximum Gasteiger partial charge on any atom is 0.0701 e. The van der Waals surface area contributed by atoms with E-state index in [2.05, 4.69) is 32.3 Å². The first kappa shape index (κ1) is 12.1. The quantitative estimate of drug-likeness (QED) is 0.824. The highest BCUT2D eigenvalue weighted by Gasteiger charge is 2.05. The lowest BCUT2D eigenvalue weighted by atomic mass is 10.3. The molecule has 0 radical (unpaired) electrons. The second-order valence-electron chi connectivity index (χ2n) is 3.05. The van der Waals surface area contributed by atoms with Gasteiger partial charge in [-0.15, -0.1) is 11.3 Å². The Morgan fingerprint density at radius 2 is 2.29 bits per heavy atom. The van der Waals surface area contributed by atoms with Gasteiger partial charge in [0.25, 0.3) is 0 Å². The smallest absolute Gasteiger partial charge is 0.0701 e. The minimum absolute atomic E-state index is 0.186. The number of halogens is 1. The third-order valence-electron chi connectivity index (χ3n) is 1.89. The molecule has 0 bridgehead atoms. The van der Waals surface area contributed by atoms with Crippen LogP contribution in [0.3, 0.4) is 0 Å². The van der Waals surface area contributed by atoms with E-state index in [1.807, 2.05) is 0 Å². The first-order valence-corrected chi connectivity index (χ1v) is 6.19. The molecule has 0 atom stereocenters. The number of nitrogens with two attached hydrogens (primary N) is 1. The maximum absolute atomic E-state index is 8.86. The zero-order chi connectivity index (χ0) is 10.4. The van der Waals surface area contributed by atoms with Crippen molar-refractivity contribution in [2.24, 2.45) is 5.73 Å². The molecule has 1 aromatic heterocycles. The van der Waals surface area contributed by atoms with Crippen LogP contribution < -0.4 is 5.73 Å². The molecule has 0 amide bonds. The molecule has 0 spiro atoms. The second-order valence-corrected chi connectivity index (χ2v) is 5.34. The van der Waals surface area contributed by atoms with E-state index in [0.717, 1.165) is 16.9 Å². The molecule has 3 N–H and O–H groups in total. The average Bonchev–Trinajstić information content (AvgIpc) is 2.52. The SMILES string of the molecule is NCCN(CCO)Cc1csc(Br)c1. The van der Waals surface area contributed by atoms with E-state index < -0.39 is 0 Å². The summed E-state index contributed by atoms with van der Waals surface area (Å²) in [6, 6.07) is 2.10. The largest absolute Gasteiger partial charge is 0.395 e. The normalized spacial score (nSPS) is 11.1. The third kappa shape index (κ3) is 4.06. The molecule has 0 aliphatic rings. The van der Waals surface area contributed by atoms with E-state index in [0.29, 0.717) is 13.1 Å². The average molecular weight is 279 g/mol. The summed E-state index contributed by atoms with van der Waals surface area (Å²) in [5, 5.41) is 11.0. The van der Waals surface area contributed by atoms with Crippen LogP contribution in [0.5, 0.6) is 0 Å². The molecule has 80 valence electrons. The van der Waals surface area contributed by atoms with Gasteiger partial charge in [-0.3, -0.25) is 4.90 Å². The van der Waals surface area contributed by atoms with Crippen LogP contribution in [-0.2, 0) is 6.54 Å².